The first-order valence-electron chi connectivity index (χ1n) is 6.62. The van der Waals surface area contributed by atoms with Crippen molar-refractivity contribution >= 4 is 22.4 Å². The van der Waals surface area contributed by atoms with Crippen LogP contribution in [-0.4, -0.2) is 16.7 Å². The van der Waals surface area contributed by atoms with Crippen LogP contribution in [0.25, 0.3) is 10.8 Å². The van der Waals surface area contributed by atoms with Gasteiger partial charge in [0.15, 0.2) is 0 Å². The zero-order valence-electron chi connectivity index (χ0n) is 11.2. The van der Waals surface area contributed by atoms with Crippen LogP contribution in [0, 0.1) is 0 Å². The maximum Gasteiger partial charge on any atom is 0.120 e. The summed E-state index contributed by atoms with van der Waals surface area (Å²) in [5.41, 5.74) is 0.779. The highest BCUT2D eigenvalue weighted by Gasteiger charge is 2.08. The van der Waals surface area contributed by atoms with Gasteiger partial charge in [0, 0.05) is 22.8 Å². The van der Waals surface area contributed by atoms with Crippen LogP contribution >= 0.6 is 11.6 Å². The third-order valence-electron chi connectivity index (χ3n) is 3.27. The molecule has 0 aliphatic heterocycles. The van der Waals surface area contributed by atoms with Crippen molar-refractivity contribution in [3.63, 3.8) is 0 Å². The number of halogens is 1. The van der Waals surface area contributed by atoms with Crippen LogP contribution in [0.5, 0.6) is 5.75 Å². The van der Waals surface area contributed by atoms with E-state index >= 15 is 0 Å². The van der Waals surface area contributed by atoms with E-state index in [2.05, 4.69) is 4.98 Å². The zero-order chi connectivity index (χ0) is 14.7. The van der Waals surface area contributed by atoms with Crippen molar-refractivity contribution in [2.24, 2.45) is 0 Å². The first-order chi connectivity index (χ1) is 10.2. The van der Waals surface area contributed by atoms with Crippen molar-refractivity contribution in [3.05, 3.63) is 71.5 Å². The average Bonchev–Trinajstić information content (AvgIpc) is 2.53. The molecule has 0 aliphatic rings. The number of hydrogen-bond acceptors (Lipinski definition) is 3. The Hall–Kier alpha value is -2.10. The van der Waals surface area contributed by atoms with Gasteiger partial charge in [0.05, 0.1) is 0 Å². The normalized spacial score (nSPS) is 12.3. The van der Waals surface area contributed by atoms with Gasteiger partial charge in [0.25, 0.3) is 0 Å². The van der Waals surface area contributed by atoms with Crippen LogP contribution < -0.4 is 4.74 Å². The molecule has 0 fully saturated rings. The second kappa shape index (κ2) is 6.12. The molecule has 0 radical (unpaired) electrons. The van der Waals surface area contributed by atoms with E-state index in [0.29, 0.717) is 10.8 Å². The van der Waals surface area contributed by atoms with Crippen molar-refractivity contribution in [1.82, 2.24) is 4.98 Å². The van der Waals surface area contributed by atoms with Gasteiger partial charge < -0.3 is 9.84 Å². The SMILES string of the molecule is O[C@H](COc1ccc2ccncc2c1)c1ccc(Cl)cc1. The highest BCUT2D eigenvalue weighted by Crippen LogP contribution is 2.22. The van der Waals surface area contributed by atoms with E-state index in [4.69, 9.17) is 16.3 Å². The Morgan fingerprint density at radius 2 is 1.86 bits per heavy atom. The molecule has 21 heavy (non-hydrogen) atoms. The van der Waals surface area contributed by atoms with Crippen molar-refractivity contribution < 1.29 is 9.84 Å². The summed E-state index contributed by atoms with van der Waals surface area (Å²) < 4.78 is 5.65. The number of pyridine rings is 1. The summed E-state index contributed by atoms with van der Waals surface area (Å²) in [5, 5.41) is 12.9. The lowest BCUT2D eigenvalue weighted by Crippen LogP contribution is -2.09. The quantitative estimate of drug-likeness (QED) is 0.792. The molecule has 3 nitrogen and oxygen atoms in total. The Labute approximate surface area is 127 Å². The Kier molecular flexibility index (Phi) is 4.04. The van der Waals surface area contributed by atoms with E-state index in [0.717, 1.165) is 16.3 Å². The van der Waals surface area contributed by atoms with Gasteiger partial charge in [0.2, 0.25) is 0 Å². The van der Waals surface area contributed by atoms with Crippen molar-refractivity contribution in [2.45, 2.75) is 6.10 Å². The molecule has 106 valence electrons. The number of aromatic nitrogens is 1. The molecule has 0 saturated carbocycles. The van der Waals surface area contributed by atoms with E-state index in [1.165, 1.54) is 0 Å². The second-order valence-electron chi connectivity index (χ2n) is 4.76. The van der Waals surface area contributed by atoms with Crippen molar-refractivity contribution in [2.75, 3.05) is 6.61 Å². The minimum atomic E-state index is -0.688. The highest BCUT2D eigenvalue weighted by atomic mass is 35.5. The number of aliphatic hydroxyl groups excluding tert-OH is 1. The topological polar surface area (TPSA) is 42.4 Å². The van der Waals surface area contributed by atoms with Crippen LogP contribution in [0.3, 0.4) is 0 Å². The molecule has 1 atom stereocenters. The fraction of sp³-hybridized carbons (Fsp3) is 0.118. The van der Waals surface area contributed by atoms with Gasteiger partial charge in [-0.2, -0.15) is 0 Å². The lowest BCUT2D eigenvalue weighted by atomic mass is 10.1. The van der Waals surface area contributed by atoms with Crippen LogP contribution in [0.1, 0.15) is 11.7 Å². The average molecular weight is 300 g/mol. The molecule has 3 rings (SSSR count). The molecule has 1 N–H and O–H groups in total. The molecule has 0 bridgehead atoms. The van der Waals surface area contributed by atoms with E-state index in [1.807, 2.05) is 24.3 Å². The lowest BCUT2D eigenvalue weighted by molar-refractivity contribution is 0.108. The van der Waals surface area contributed by atoms with Gasteiger partial charge in [0.1, 0.15) is 18.5 Å². The molecule has 0 amide bonds. The molecule has 0 saturated heterocycles. The van der Waals surface area contributed by atoms with Crippen molar-refractivity contribution in [3.8, 4) is 5.75 Å². The van der Waals surface area contributed by atoms with Gasteiger partial charge in [-0.25, -0.2) is 0 Å². The monoisotopic (exact) mass is 299 g/mol. The van der Waals surface area contributed by atoms with Crippen LogP contribution in [0.4, 0.5) is 0 Å². The third-order valence-corrected chi connectivity index (χ3v) is 3.53. The fourth-order valence-electron chi connectivity index (χ4n) is 2.11. The summed E-state index contributed by atoms with van der Waals surface area (Å²) in [7, 11) is 0. The first kappa shape index (κ1) is 13.9. The van der Waals surface area contributed by atoms with Crippen LogP contribution in [-0.2, 0) is 0 Å². The summed E-state index contributed by atoms with van der Waals surface area (Å²) in [4.78, 5) is 4.09. The Bertz CT molecular complexity index is 743. The van der Waals surface area contributed by atoms with Gasteiger partial charge in [-0.1, -0.05) is 29.8 Å². The molecule has 1 heterocycles. The smallest absolute Gasteiger partial charge is 0.120 e. The molecule has 3 aromatic rings. The third kappa shape index (κ3) is 3.32. The molecule has 1 aromatic heterocycles. The van der Waals surface area contributed by atoms with E-state index in [-0.39, 0.29) is 6.61 Å². The number of benzene rings is 2. The zero-order valence-corrected chi connectivity index (χ0v) is 12.0. The predicted molar refractivity (Wildman–Crippen MR) is 83.6 cm³/mol. The summed E-state index contributed by atoms with van der Waals surface area (Å²) in [5.74, 6) is 0.712. The molecule has 0 unspecified atom stereocenters. The lowest BCUT2D eigenvalue weighted by Gasteiger charge is -2.13. The van der Waals surface area contributed by atoms with Gasteiger partial charge >= 0.3 is 0 Å². The maximum atomic E-state index is 10.1. The van der Waals surface area contributed by atoms with Crippen LogP contribution in [0.2, 0.25) is 5.02 Å². The Morgan fingerprint density at radius 3 is 2.67 bits per heavy atom. The van der Waals surface area contributed by atoms with E-state index < -0.39 is 6.10 Å². The largest absolute Gasteiger partial charge is 0.491 e. The number of hydrogen-bond donors (Lipinski definition) is 1. The molecule has 2 aromatic carbocycles. The number of nitrogens with zero attached hydrogens (tertiary/aromatic N) is 1. The summed E-state index contributed by atoms with van der Waals surface area (Å²) in [6, 6.07) is 14.8. The van der Waals surface area contributed by atoms with Crippen molar-refractivity contribution in [1.29, 1.82) is 0 Å². The van der Waals surface area contributed by atoms with Crippen LogP contribution in [0.15, 0.2) is 60.9 Å². The molecule has 0 spiro atoms. The molecule has 0 aliphatic carbocycles. The second-order valence-corrected chi connectivity index (χ2v) is 5.20. The highest BCUT2D eigenvalue weighted by molar-refractivity contribution is 6.30. The van der Waals surface area contributed by atoms with E-state index in [9.17, 15) is 5.11 Å². The summed E-state index contributed by atoms with van der Waals surface area (Å²) >= 11 is 5.83. The van der Waals surface area contributed by atoms with Gasteiger partial charge in [-0.3, -0.25) is 4.98 Å². The summed E-state index contributed by atoms with van der Waals surface area (Å²) in [6.45, 7) is 0.188. The molecular weight excluding hydrogens is 286 g/mol. The Morgan fingerprint density at radius 1 is 1.05 bits per heavy atom. The summed E-state index contributed by atoms with van der Waals surface area (Å²) in [6.07, 6.45) is 2.86. The maximum absolute atomic E-state index is 10.1. The van der Waals surface area contributed by atoms with E-state index in [1.54, 1.807) is 36.7 Å². The first-order valence-corrected chi connectivity index (χ1v) is 7.00. The molecular formula is C17H14ClNO2. The van der Waals surface area contributed by atoms with Gasteiger partial charge in [-0.05, 0) is 41.3 Å². The van der Waals surface area contributed by atoms with Gasteiger partial charge in [-0.15, -0.1) is 0 Å². The number of ether oxygens (including phenoxy) is 1. The molecule has 4 heteroatoms. The fourth-order valence-corrected chi connectivity index (χ4v) is 2.24. The number of aliphatic hydroxyl groups is 1. The Balaban J connectivity index is 1.69. The number of fused-ring (bicyclic) bond motifs is 1. The minimum Gasteiger partial charge on any atom is -0.491 e. The predicted octanol–water partition coefficient (Wildman–Crippen LogP) is 4.00. The standard InChI is InChI=1S/C17H14ClNO2/c18-15-4-1-13(2-5-15)17(20)11-21-16-6-3-12-7-8-19-10-14(12)9-16/h1-10,17,20H,11H2/t17-/m1/s1. The number of rotatable bonds is 4. The minimum absolute atomic E-state index is 0.188.